The lowest BCUT2D eigenvalue weighted by atomic mass is 9.92. The fourth-order valence-electron chi connectivity index (χ4n) is 8.45. The first-order valence-corrected chi connectivity index (χ1v) is 21.0. The molecule has 62 heavy (non-hydrogen) atoms. The highest BCUT2D eigenvalue weighted by molar-refractivity contribution is 6.14. The van der Waals surface area contributed by atoms with Crippen LogP contribution in [0, 0.1) is 0 Å². The van der Waals surface area contributed by atoms with Gasteiger partial charge in [0, 0.05) is 27.6 Å². The van der Waals surface area contributed by atoms with Crippen LogP contribution in [0.4, 0.5) is 0 Å². The van der Waals surface area contributed by atoms with Crippen LogP contribution < -0.4 is 0 Å². The molecule has 11 rings (SSSR count). The van der Waals surface area contributed by atoms with Crippen molar-refractivity contribution in [2.24, 2.45) is 0 Å². The van der Waals surface area contributed by atoms with Gasteiger partial charge in [-0.25, -0.2) is 15.0 Å². The van der Waals surface area contributed by atoms with Gasteiger partial charge in [-0.1, -0.05) is 212 Å². The Labute approximate surface area is 361 Å². The number of pyridine rings is 1. The highest BCUT2D eigenvalue weighted by Gasteiger charge is 2.15. The molecule has 0 aliphatic heterocycles. The van der Waals surface area contributed by atoms with Crippen molar-refractivity contribution in [3.05, 3.63) is 237 Å². The molecule has 3 nitrogen and oxygen atoms in total. The zero-order chi connectivity index (χ0) is 41.2. The van der Waals surface area contributed by atoms with Crippen molar-refractivity contribution in [2.75, 3.05) is 0 Å². The van der Waals surface area contributed by atoms with E-state index in [2.05, 4.69) is 218 Å². The number of benzene rings is 9. The molecule has 9 aromatic carbocycles. The van der Waals surface area contributed by atoms with Crippen LogP contribution in [0.2, 0.25) is 0 Å². The summed E-state index contributed by atoms with van der Waals surface area (Å²) in [5.41, 5.74) is 17.1. The Morgan fingerprint density at radius 2 is 0.613 bits per heavy atom. The molecule has 0 bridgehead atoms. The van der Waals surface area contributed by atoms with Crippen LogP contribution in [0.5, 0.6) is 0 Å². The molecule has 0 amide bonds. The Morgan fingerprint density at radius 1 is 0.242 bits per heavy atom. The van der Waals surface area contributed by atoms with Gasteiger partial charge in [0.2, 0.25) is 0 Å². The third-order valence-electron chi connectivity index (χ3n) is 11.7. The first-order valence-electron chi connectivity index (χ1n) is 21.0. The van der Waals surface area contributed by atoms with E-state index in [0.29, 0.717) is 5.82 Å². The van der Waals surface area contributed by atoms with Gasteiger partial charge in [0.1, 0.15) is 0 Å². The van der Waals surface area contributed by atoms with E-state index in [1.54, 1.807) is 0 Å². The Bertz CT molecular complexity index is 3230. The van der Waals surface area contributed by atoms with Crippen LogP contribution in [0.1, 0.15) is 0 Å². The molecule has 0 atom stereocenters. The minimum absolute atomic E-state index is 0.688. The SMILES string of the molecule is c1ccc(-c2ccc(-c3cc(-c4ccc(-c5ccc6ccc7nc(-c8ccccc8)cc(-c8ccccc8)c7c6c5)cc4)nc(-c4ccc(-c5ccccc5)cc4)n3)cc2)cc1. The van der Waals surface area contributed by atoms with Gasteiger partial charge >= 0.3 is 0 Å². The Balaban J connectivity index is 0.986. The van der Waals surface area contributed by atoms with Crippen molar-refractivity contribution in [3.63, 3.8) is 0 Å². The maximum Gasteiger partial charge on any atom is 0.160 e. The first kappa shape index (κ1) is 36.8. The largest absolute Gasteiger partial charge is 0.248 e. The van der Waals surface area contributed by atoms with Gasteiger partial charge in [0.15, 0.2) is 5.82 Å². The van der Waals surface area contributed by atoms with Crippen molar-refractivity contribution < 1.29 is 0 Å². The normalized spacial score (nSPS) is 11.2. The maximum atomic E-state index is 5.21. The fourth-order valence-corrected chi connectivity index (χ4v) is 8.45. The van der Waals surface area contributed by atoms with Crippen LogP contribution in [0.15, 0.2) is 237 Å². The molecule has 0 spiro atoms. The molecule has 290 valence electrons. The van der Waals surface area contributed by atoms with Gasteiger partial charge in [-0.15, -0.1) is 0 Å². The maximum absolute atomic E-state index is 5.21. The zero-order valence-electron chi connectivity index (χ0n) is 33.9. The summed E-state index contributed by atoms with van der Waals surface area (Å²) in [7, 11) is 0. The van der Waals surface area contributed by atoms with E-state index in [9.17, 15) is 0 Å². The Morgan fingerprint density at radius 3 is 1.15 bits per heavy atom. The van der Waals surface area contributed by atoms with E-state index in [4.69, 9.17) is 15.0 Å². The molecular weight excluding hydrogens is 751 g/mol. The molecule has 3 heteroatoms. The van der Waals surface area contributed by atoms with E-state index >= 15 is 0 Å². The second-order valence-corrected chi connectivity index (χ2v) is 15.6. The first-order chi connectivity index (χ1) is 30.7. The van der Waals surface area contributed by atoms with Crippen molar-refractivity contribution in [2.45, 2.75) is 0 Å². The van der Waals surface area contributed by atoms with E-state index in [1.807, 2.05) is 18.2 Å². The van der Waals surface area contributed by atoms with Crippen LogP contribution in [0.3, 0.4) is 0 Å². The molecule has 11 aromatic rings. The molecular formula is C59H39N3. The minimum atomic E-state index is 0.688. The molecule has 0 aliphatic rings. The number of nitrogens with zero attached hydrogens (tertiary/aromatic N) is 3. The summed E-state index contributed by atoms with van der Waals surface area (Å²) in [5.74, 6) is 0.688. The van der Waals surface area contributed by atoms with Gasteiger partial charge in [-0.2, -0.15) is 0 Å². The van der Waals surface area contributed by atoms with E-state index < -0.39 is 0 Å². The lowest BCUT2D eigenvalue weighted by Crippen LogP contribution is -1.96. The number of fused-ring (bicyclic) bond motifs is 3. The van der Waals surface area contributed by atoms with Crippen molar-refractivity contribution >= 4 is 21.7 Å². The van der Waals surface area contributed by atoms with Crippen LogP contribution in [0.25, 0.3) is 111 Å². The quantitative estimate of drug-likeness (QED) is 0.144. The second kappa shape index (κ2) is 16.1. The topological polar surface area (TPSA) is 38.7 Å². The summed E-state index contributed by atoms with van der Waals surface area (Å²) in [6.45, 7) is 0. The highest BCUT2D eigenvalue weighted by Crippen LogP contribution is 2.39. The predicted octanol–water partition coefficient (Wildman–Crippen LogP) is 15.5. The molecule has 0 unspecified atom stereocenters. The van der Waals surface area contributed by atoms with Gasteiger partial charge in [0.05, 0.1) is 22.6 Å². The summed E-state index contributed by atoms with van der Waals surface area (Å²) >= 11 is 0. The summed E-state index contributed by atoms with van der Waals surface area (Å²) < 4.78 is 0. The van der Waals surface area contributed by atoms with E-state index in [1.165, 1.54) is 38.6 Å². The van der Waals surface area contributed by atoms with Gasteiger partial charge in [-0.05, 0) is 79.5 Å². The van der Waals surface area contributed by atoms with Crippen molar-refractivity contribution in [1.82, 2.24) is 15.0 Å². The standard InChI is InChI=1S/C59H39N3/c1-5-13-40(14-6-1)42-21-28-48(29-22-42)56-39-57(62-59(61-56)50-32-25-43(26-33-50)41-15-7-2-8-16-41)49-30-23-44(24-31-49)51-34-27-46-35-36-54-58(52(46)37-51)53(45-17-9-3-10-18-45)38-55(60-54)47-19-11-4-12-20-47/h1-39H. The summed E-state index contributed by atoms with van der Waals surface area (Å²) in [5, 5.41) is 3.51. The predicted molar refractivity (Wildman–Crippen MR) is 258 cm³/mol. The molecule has 0 aliphatic carbocycles. The van der Waals surface area contributed by atoms with E-state index in [0.717, 1.165) is 66.9 Å². The molecule has 0 N–H and O–H groups in total. The number of rotatable bonds is 8. The molecule has 0 saturated carbocycles. The van der Waals surface area contributed by atoms with Gasteiger partial charge < -0.3 is 0 Å². The molecule has 0 fully saturated rings. The average Bonchev–Trinajstić information content (AvgIpc) is 3.37. The smallest absolute Gasteiger partial charge is 0.160 e. The van der Waals surface area contributed by atoms with Gasteiger partial charge in [0.25, 0.3) is 0 Å². The third-order valence-corrected chi connectivity index (χ3v) is 11.7. The van der Waals surface area contributed by atoms with Crippen molar-refractivity contribution in [1.29, 1.82) is 0 Å². The molecule has 0 saturated heterocycles. The molecule has 2 heterocycles. The van der Waals surface area contributed by atoms with Crippen LogP contribution in [-0.2, 0) is 0 Å². The van der Waals surface area contributed by atoms with E-state index in [-0.39, 0.29) is 0 Å². The third kappa shape index (κ3) is 7.23. The van der Waals surface area contributed by atoms with Gasteiger partial charge in [-0.3, -0.25) is 0 Å². The lowest BCUT2D eigenvalue weighted by molar-refractivity contribution is 1.18. The summed E-state index contributed by atoms with van der Waals surface area (Å²) in [6.07, 6.45) is 0. The second-order valence-electron chi connectivity index (χ2n) is 15.6. The highest BCUT2D eigenvalue weighted by atomic mass is 14.9. The average molecular weight is 790 g/mol. The number of hydrogen-bond acceptors (Lipinski definition) is 3. The van der Waals surface area contributed by atoms with Crippen LogP contribution in [-0.4, -0.2) is 15.0 Å². The molecule has 2 aromatic heterocycles. The van der Waals surface area contributed by atoms with Crippen molar-refractivity contribution in [3.8, 4) is 89.7 Å². The fraction of sp³-hybridized carbons (Fsp3) is 0. The lowest BCUT2D eigenvalue weighted by Gasteiger charge is -2.14. The Kier molecular flexibility index (Phi) is 9.53. The number of hydrogen-bond donors (Lipinski definition) is 0. The van der Waals surface area contributed by atoms with Crippen LogP contribution >= 0.6 is 0 Å². The summed E-state index contributed by atoms with van der Waals surface area (Å²) in [6, 6.07) is 83.4. The Hall–Kier alpha value is -8.27. The summed E-state index contributed by atoms with van der Waals surface area (Å²) in [4.78, 5) is 15.6. The zero-order valence-corrected chi connectivity index (χ0v) is 33.9. The molecule has 0 radical (unpaired) electrons. The minimum Gasteiger partial charge on any atom is -0.248 e. The monoisotopic (exact) mass is 789 g/mol. The number of aromatic nitrogens is 3.